The molecule has 0 atom stereocenters. The maximum atomic E-state index is 12.5. The van der Waals surface area contributed by atoms with Crippen molar-refractivity contribution < 1.29 is 14.3 Å². The van der Waals surface area contributed by atoms with Crippen molar-refractivity contribution >= 4 is 23.6 Å². The summed E-state index contributed by atoms with van der Waals surface area (Å²) in [7, 11) is 0. The van der Waals surface area contributed by atoms with Gasteiger partial charge in [0.1, 0.15) is 13.2 Å². The molecule has 5 heteroatoms. The number of hydrogen-bond acceptors (Lipinski definition) is 3. The van der Waals surface area contributed by atoms with E-state index in [9.17, 15) is 4.79 Å². The molecule has 0 aliphatic carbocycles. The predicted octanol–water partition coefficient (Wildman–Crippen LogP) is 3.71. The van der Waals surface area contributed by atoms with Crippen molar-refractivity contribution in [2.24, 2.45) is 0 Å². The highest BCUT2D eigenvalue weighted by Gasteiger charge is 2.19. The molecule has 0 bridgehead atoms. The van der Waals surface area contributed by atoms with E-state index in [1.165, 1.54) is 11.1 Å². The van der Waals surface area contributed by atoms with Crippen LogP contribution in [-0.2, 0) is 17.8 Å². The van der Waals surface area contributed by atoms with Crippen LogP contribution in [-0.4, -0.2) is 30.6 Å². The zero-order valence-electron chi connectivity index (χ0n) is 13.7. The zero-order chi connectivity index (χ0) is 17.2. The molecule has 2 aliphatic rings. The van der Waals surface area contributed by atoms with Crippen molar-refractivity contribution in [1.82, 2.24) is 4.90 Å². The molecule has 2 heterocycles. The van der Waals surface area contributed by atoms with Gasteiger partial charge < -0.3 is 14.4 Å². The fourth-order valence-electron chi connectivity index (χ4n) is 3.18. The molecule has 0 N–H and O–H groups in total. The lowest BCUT2D eigenvalue weighted by Gasteiger charge is -2.27. The summed E-state index contributed by atoms with van der Waals surface area (Å²) in [4.78, 5) is 14.4. The Labute approximate surface area is 151 Å². The molecule has 0 unspecified atom stereocenters. The van der Waals surface area contributed by atoms with Crippen LogP contribution in [0, 0.1) is 0 Å². The number of ether oxygens (including phenoxy) is 2. The molecule has 0 spiro atoms. The maximum Gasteiger partial charge on any atom is 0.246 e. The lowest BCUT2D eigenvalue weighted by molar-refractivity contribution is -0.126. The average molecular weight is 356 g/mol. The number of nitrogens with zero attached hydrogens (tertiary/aromatic N) is 1. The third-order valence-corrected chi connectivity index (χ3v) is 4.76. The molecule has 128 valence electrons. The van der Waals surface area contributed by atoms with Crippen LogP contribution >= 0.6 is 11.6 Å². The van der Waals surface area contributed by atoms with Crippen LogP contribution in [0.2, 0.25) is 5.02 Å². The standard InChI is InChI=1S/C20H18ClNO3/c21-17-11-14(12-18-20(17)25-10-9-24-18)5-6-19(23)22-8-7-15-3-1-2-4-16(15)13-22/h1-6,11-12H,7-10,13H2/b6-5+. The van der Waals surface area contributed by atoms with Gasteiger partial charge in [0.2, 0.25) is 5.91 Å². The van der Waals surface area contributed by atoms with Gasteiger partial charge in [-0.15, -0.1) is 0 Å². The third-order valence-electron chi connectivity index (χ3n) is 4.48. The maximum absolute atomic E-state index is 12.5. The van der Waals surface area contributed by atoms with Crippen molar-refractivity contribution in [3.8, 4) is 11.5 Å². The Balaban J connectivity index is 1.49. The fraction of sp³-hybridized carbons (Fsp3) is 0.250. The van der Waals surface area contributed by atoms with Gasteiger partial charge in [-0.1, -0.05) is 35.9 Å². The van der Waals surface area contributed by atoms with Crippen LogP contribution in [0.3, 0.4) is 0 Å². The number of carbonyl (C=O) groups is 1. The lowest BCUT2D eigenvalue weighted by atomic mass is 10.00. The molecule has 25 heavy (non-hydrogen) atoms. The molecule has 4 rings (SSSR count). The summed E-state index contributed by atoms with van der Waals surface area (Å²) >= 11 is 6.23. The second-order valence-corrected chi connectivity index (χ2v) is 6.55. The number of rotatable bonds is 2. The second-order valence-electron chi connectivity index (χ2n) is 6.14. The third kappa shape index (κ3) is 3.35. The number of fused-ring (bicyclic) bond motifs is 2. The molecule has 1 amide bonds. The Morgan fingerprint density at radius 2 is 1.92 bits per heavy atom. The first-order valence-electron chi connectivity index (χ1n) is 8.33. The van der Waals surface area contributed by atoms with Crippen molar-refractivity contribution in [3.63, 3.8) is 0 Å². The Kier molecular flexibility index (Phi) is 4.36. The number of carbonyl (C=O) groups excluding carboxylic acids is 1. The first-order valence-corrected chi connectivity index (χ1v) is 8.71. The molecule has 4 nitrogen and oxygen atoms in total. The molecule has 2 aromatic carbocycles. The quantitative estimate of drug-likeness (QED) is 0.771. The van der Waals surface area contributed by atoms with E-state index in [2.05, 4.69) is 12.1 Å². The normalized spacial score (nSPS) is 16.0. The highest BCUT2D eigenvalue weighted by atomic mass is 35.5. The van der Waals surface area contributed by atoms with Gasteiger partial charge in [-0.3, -0.25) is 4.79 Å². The number of halogens is 1. The molecular formula is C20H18ClNO3. The number of benzene rings is 2. The van der Waals surface area contributed by atoms with E-state index in [4.69, 9.17) is 21.1 Å². The predicted molar refractivity (Wildman–Crippen MR) is 97.0 cm³/mol. The minimum atomic E-state index is 0.000476. The van der Waals surface area contributed by atoms with E-state index >= 15 is 0 Å². The van der Waals surface area contributed by atoms with Crippen LogP contribution in [0.15, 0.2) is 42.5 Å². The van der Waals surface area contributed by atoms with Gasteiger partial charge >= 0.3 is 0 Å². The van der Waals surface area contributed by atoms with Gasteiger partial charge in [0, 0.05) is 19.2 Å². The monoisotopic (exact) mass is 355 g/mol. The second kappa shape index (κ2) is 6.81. The van der Waals surface area contributed by atoms with Crippen LogP contribution < -0.4 is 9.47 Å². The summed E-state index contributed by atoms with van der Waals surface area (Å²) in [6.07, 6.45) is 4.26. The molecular weight excluding hydrogens is 338 g/mol. The molecule has 0 aromatic heterocycles. The Morgan fingerprint density at radius 3 is 2.80 bits per heavy atom. The van der Waals surface area contributed by atoms with E-state index in [0.29, 0.717) is 36.3 Å². The SMILES string of the molecule is O=C(/C=C/c1cc(Cl)c2c(c1)OCCO2)N1CCc2ccccc2C1. The molecule has 2 aromatic rings. The number of hydrogen-bond donors (Lipinski definition) is 0. The molecule has 0 radical (unpaired) electrons. The Hall–Kier alpha value is -2.46. The van der Waals surface area contributed by atoms with Gasteiger partial charge in [0.25, 0.3) is 0 Å². The summed E-state index contributed by atoms with van der Waals surface area (Å²) in [6.45, 7) is 2.39. The summed E-state index contributed by atoms with van der Waals surface area (Å²) in [5.74, 6) is 1.20. The van der Waals surface area contributed by atoms with Crippen molar-refractivity contribution in [1.29, 1.82) is 0 Å². The first-order chi connectivity index (χ1) is 12.2. The van der Waals surface area contributed by atoms with Crippen LogP contribution in [0.5, 0.6) is 11.5 Å². The molecule has 2 aliphatic heterocycles. The topological polar surface area (TPSA) is 38.8 Å². The van der Waals surface area contributed by atoms with E-state index in [1.54, 1.807) is 18.2 Å². The van der Waals surface area contributed by atoms with Crippen LogP contribution in [0.25, 0.3) is 6.08 Å². The Morgan fingerprint density at radius 1 is 1.12 bits per heavy atom. The summed E-state index contributed by atoms with van der Waals surface area (Å²) in [5.41, 5.74) is 3.37. The van der Waals surface area contributed by atoms with Gasteiger partial charge in [0.15, 0.2) is 11.5 Å². The van der Waals surface area contributed by atoms with E-state index in [0.717, 1.165) is 18.5 Å². The summed E-state index contributed by atoms with van der Waals surface area (Å²) < 4.78 is 11.1. The smallest absolute Gasteiger partial charge is 0.246 e. The van der Waals surface area contributed by atoms with E-state index < -0.39 is 0 Å². The minimum Gasteiger partial charge on any atom is -0.486 e. The van der Waals surface area contributed by atoms with Crippen LogP contribution in [0.1, 0.15) is 16.7 Å². The summed E-state index contributed by atoms with van der Waals surface area (Å²) in [6, 6.07) is 11.9. The lowest BCUT2D eigenvalue weighted by Crippen LogP contribution is -2.34. The zero-order valence-corrected chi connectivity index (χ0v) is 14.5. The van der Waals surface area contributed by atoms with Gasteiger partial charge in [0.05, 0.1) is 5.02 Å². The molecule has 0 fully saturated rings. The van der Waals surface area contributed by atoms with E-state index in [-0.39, 0.29) is 5.91 Å². The van der Waals surface area contributed by atoms with Crippen molar-refractivity contribution in [3.05, 3.63) is 64.2 Å². The van der Waals surface area contributed by atoms with Gasteiger partial charge in [-0.25, -0.2) is 0 Å². The fourth-order valence-corrected chi connectivity index (χ4v) is 3.46. The number of amides is 1. The van der Waals surface area contributed by atoms with Crippen molar-refractivity contribution in [2.45, 2.75) is 13.0 Å². The Bertz CT molecular complexity index is 847. The molecule has 0 saturated carbocycles. The minimum absolute atomic E-state index is 0.000476. The van der Waals surface area contributed by atoms with Gasteiger partial charge in [-0.05, 0) is 41.3 Å². The highest BCUT2D eigenvalue weighted by molar-refractivity contribution is 6.32. The summed E-state index contributed by atoms with van der Waals surface area (Å²) in [5, 5.41) is 0.496. The first kappa shape index (κ1) is 16.0. The average Bonchev–Trinajstić information content (AvgIpc) is 2.66. The largest absolute Gasteiger partial charge is 0.486 e. The van der Waals surface area contributed by atoms with Crippen LogP contribution in [0.4, 0.5) is 0 Å². The van der Waals surface area contributed by atoms with E-state index in [1.807, 2.05) is 23.1 Å². The molecule has 0 saturated heterocycles. The van der Waals surface area contributed by atoms with Gasteiger partial charge in [-0.2, -0.15) is 0 Å². The van der Waals surface area contributed by atoms with Crippen molar-refractivity contribution in [2.75, 3.05) is 19.8 Å². The highest BCUT2D eigenvalue weighted by Crippen LogP contribution is 2.38.